The Kier molecular flexibility index (Phi) is 5.10. The summed E-state index contributed by atoms with van der Waals surface area (Å²) in [5.41, 5.74) is 0.221. The number of anilines is 1. The summed E-state index contributed by atoms with van der Waals surface area (Å²) in [4.78, 5) is 23.7. The Morgan fingerprint density at radius 1 is 1.19 bits per heavy atom. The number of alkyl halides is 2. The third-order valence-electron chi connectivity index (χ3n) is 2.58. The quantitative estimate of drug-likeness (QED) is 0.864. The van der Waals surface area contributed by atoms with Crippen LogP contribution in [-0.2, 0) is 11.3 Å². The van der Waals surface area contributed by atoms with Crippen LogP contribution >= 0.6 is 11.8 Å². The van der Waals surface area contributed by atoms with E-state index in [2.05, 4.69) is 5.32 Å². The van der Waals surface area contributed by atoms with Gasteiger partial charge >= 0.3 is 0 Å². The van der Waals surface area contributed by atoms with Gasteiger partial charge in [0.15, 0.2) is 0 Å². The van der Waals surface area contributed by atoms with Gasteiger partial charge in [0.05, 0.1) is 0 Å². The maximum Gasteiger partial charge on any atom is 0.288 e. The van der Waals surface area contributed by atoms with Crippen LogP contribution in [0.1, 0.15) is 0 Å². The fraction of sp³-hybridized carbons (Fsp3) is 0.143. The zero-order valence-corrected chi connectivity index (χ0v) is 11.6. The van der Waals surface area contributed by atoms with E-state index in [-0.39, 0.29) is 18.0 Å². The number of hydrogen-bond acceptors (Lipinski definition) is 3. The van der Waals surface area contributed by atoms with Gasteiger partial charge in [0.25, 0.3) is 11.3 Å². The molecule has 1 aromatic heterocycles. The molecule has 1 N–H and O–H groups in total. The molecular formula is C14H12F2N2O2S. The lowest BCUT2D eigenvalue weighted by Crippen LogP contribution is -2.26. The fourth-order valence-corrected chi connectivity index (χ4v) is 2.17. The molecule has 0 aliphatic carbocycles. The summed E-state index contributed by atoms with van der Waals surface area (Å²) >= 11 is 0.439. The first-order valence-corrected chi connectivity index (χ1v) is 6.93. The smallest absolute Gasteiger partial charge is 0.288 e. The first-order chi connectivity index (χ1) is 10.0. The van der Waals surface area contributed by atoms with Crippen molar-refractivity contribution in [2.45, 2.75) is 17.2 Å². The van der Waals surface area contributed by atoms with E-state index in [1.54, 1.807) is 12.1 Å². The van der Waals surface area contributed by atoms with Crippen molar-refractivity contribution in [3.05, 3.63) is 59.0 Å². The number of nitrogens with zero attached hydrogens (tertiary/aromatic N) is 1. The molecule has 0 aliphatic rings. The van der Waals surface area contributed by atoms with Gasteiger partial charge in [-0.3, -0.25) is 9.59 Å². The molecule has 2 rings (SSSR count). The minimum absolute atomic E-state index is 0.104. The molecule has 110 valence electrons. The van der Waals surface area contributed by atoms with Gasteiger partial charge in [-0.25, -0.2) is 0 Å². The molecule has 1 amide bonds. The van der Waals surface area contributed by atoms with Crippen molar-refractivity contribution in [3.63, 3.8) is 0 Å². The Labute approximate surface area is 123 Å². The topological polar surface area (TPSA) is 51.1 Å². The molecule has 2 aromatic rings. The minimum Gasteiger partial charge on any atom is -0.325 e. The molecule has 0 spiro atoms. The third-order valence-corrected chi connectivity index (χ3v) is 3.30. The molecule has 0 radical (unpaired) electrons. The van der Waals surface area contributed by atoms with Crippen LogP contribution in [0.15, 0.2) is 58.4 Å². The van der Waals surface area contributed by atoms with Crippen LogP contribution < -0.4 is 10.9 Å². The van der Waals surface area contributed by atoms with E-state index in [9.17, 15) is 18.4 Å². The lowest BCUT2D eigenvalue weighted by atomic mass is 10.3. The van der Waals surface area contributed by atoms with Crippen molar-refractivity contribution in [3.8, 4) is 0 Å². The van der Waals surface area contributed by atoms with Crippen LogP contribution in [0.25, 0.3) is 0 Å². The lowest BCUT2D eigenvalue weighted by Gasteiger charge is -2.08. The Hall–Kier alpha value is -2.15. The first-order valence-electron chi connectivity index (χ1n) is 6.05. The van der Waals surface area contributed by atoms with Crippen molar-refractivity contribution in [2.75, 3.05) is 5.32 Å². The molecule has 7 heteroatoms. The number of pyridine rings is 1. The van der Waals surface area contributed by atoms with E-state index >= 15 is 0 Å². The van der Waals surface area contributed by atoms with Gasteiger partial charge < -0.3 is 9.88 Å². The summed E-state index contributed by atoms with van der Waals surface area (Å²) in [5.74, 6) is -2.84. The van der Waals surface area contributed by atoms with Gasteiger partial charge in [0.1, 0.15) is 6.54 Å². The summed E-state index contributed by atoms with van der Waals surface area (Å²) < 4.78 is 25.6. The van der Waals surface area contributed by atoms with Crippen molar-refractivity contribution >= 4 is 23.4 Å². The number of amides is 1. The molecule has 0 fully saturated rings. The van der Waals surface area contributed by atoms with Crippen LogP contribution in [-0.4, -0.2) is 16.2 Å². The normalized spacial score (nSPS) is 10.6. The van der Waals surface area contributed by atoms with Crippen molar-refractivity contribution in [1.29, 1.82) is 0 Å². The van der Waals surface area contributed by atoms with Gasteiger partial charge in [-0.15, -0.1) is 0 Å². The summed E-state index contributed by atoms with van der Waals surface area (Å²) in [6.45, 7) is -0.104. The highest BCUT2D eigenvalue weighted by molar-refractivity contribution is 7.99. The predicted octanol–water partition coefficient (Wildman–Crippen LogP) is 2.80. The number of carbonyl (C=O) groups is 1. The molecule has 0 saturated carbocycles. The number of halogens is 2. The molecule has 0 unspecified atom stereocenters. The third kappa shape index (κ3) is 4.71. The lowest BCUT2D eigenvalue weighted by molar-refractivity contribution is -0.116. The zero-order valence-electron chi connectivity index (χ0n) is 10.8. The molecule has 0 aliphatic heterocycles. The molecule has 21 heavy (non-hydrogen) atoms. The maximum atomic E-state index is 12.2. The van der Waals surface area contributed by atoms with Gasteiger partial charge in [-0.05, 0) is 30.3 Å². The van der Waals surface area contributed by atoms with E-state index in [0.29, 0.717) is 22.3 Å². The Morgan fingerprint density at radius 3 is 2.52 bits per heavy atom. The van der Waals surface area contributed by atoms with Gasteiger partial charge in [0, 0.05) is 22.8 Å². The second-order valence-electron chi connectivity index (χ2n) is 4.12. The van der Waals surface area contributed by atoms with E-state index in [1.165, 1.54) is 41.1 Å². The molecule has 1 aromatic carbocycles. The van der Waals surface area contributed by atoms with E-state index < -0.39 is 5.76 Å². The number of hydrogen-bond donors (Lipinski definition) is 1. The maximum absolute atomic E-state index is 12.2. The molecular weight excluding hydrogens is 298 g/mol. The van der Waals surface area contributed by atoms with E-state index in [4.69, 9.17) is 0 Å². The molecule has 0 bridgehead atoms. The number of carbonyl (C=O) groups excluding carboxylic acids is 1. The molecule has 0 atom stereocenters. The summed E-state index contributed by atoms with van der Waals surface area (Å²) in [7, 11) is 0. The van der Waals surface area contributed by atoms with Crippen molar-refractivity contribution < 1.29 is 13.6 Å². The predicted molar refractivity (Wildman–Crippen MR) is 77.6 cm³/mol. The second-order valence-corrected chi connectivity index (χ2v) is 5.18. The molecule has 4 nitrogen and oxygen atoms in total. The average molecular weight is 310 g/mol. The summed E-state index contributed by atoms with van der Waals surface area (Å²) in [6.07, 6.45) is 1.52. The number of thioether (sulfide) groups is 1. The largest absolute Gasteiger partial charge is 0.325 e. The first kappa shape index (κ1) is 15.2. The molecule has 0 saturated heterocycles. The number of nitrogens with one attached hydrogen (secondary N) is 1. The Balaban J connectivity index is 1.97. The fourth-order valence-electron chi connectivity index (χ4n) is 1.67. The highest BCUT2D eigenvalue weighted by Gasteiger charge is 2.07. The number of aromatic nitrogens is 1. The standard InChI is InChI=1S/C14H12F2N2O2S/c15-14(16)21-11-6-4-10(5-7-11)17-12(19)9-18-8-2-1-3-13(18)20/h1-8,14H,9H2,(H,17,19). The van der Waals surface area contributed by atoms with E-state index in [1.807, 2.05) is 0 Å². The van der Waals surface area contributed by atoms with Crippen molar-refractivity contribution in [1.82, 2.24) is 4.57 Å². The highest BCUT2D eigenvalue weighted by atomic mass is 32.2. The summed E-state index contributed by atoms with van der Waals surface area (Å²) in [6, 6.07) is 10.7. The van der Waals surface area contributed by atoms with Crippen LogP contribution in [0.3, 0.4) is 0 Å². The Morgan fingerprint density at radius 2 is 1.90 bits per heavy atom. The van der Waals surface area contributed by atoms with Crippen LogP contribution in [0.4, 0.5) is 14.5 Å². The summed E-state index contributed by atoms with van der Waals surface area (Å²) in [5, 5.41) is 2.60. The Bertz CT molecular complexity index is 671. The van der Waals surface area contributed by atoms with Crippen molar-refractivity contribution in [2.24, 2.45) is 0 Å². The van der Waals surface area contributed by atoms with E-state index in [0.717, 1.165) is 0 Å². The molecule has 1 heterocycles. The second kappa shape index (κ2) is 7.03. The monoisotopic (exact) mass is 310 g/mol. The zero-order chi connectivity index (χ0) is 15.2. The number of rotatable bonds is 5. The minimum atomic E-state index is -2.48. The van der Waals surface area contributed by atoms with Gasteiger partial charge in [-0.2, -0.15) is 8.78 Å². The van der Waals surface area contributed by atoms with Crippen LogP contribution in [0.5, 0.6) is 0 Å². The van der Waals surface area contributed by atoms with Gasteiger partial charge in [-0.1, -0.05) is 17.8 Å². The highest BCUT2D eigenvalue weighted by Crippen LogP contribution is 2.26. The number of benzene rings is 1. The van der Waals surface area contributed by atoms with Crippen LogP contribution in [0, 0.1) is 0 Å². The van der Waals surface area contributed by atoms with Gasteiger partial charge in [0.2, 0.25) is 5.91 Å². The average Bonchev–Trinajstić information content (AvgIpc) is 2.43. The SMILES string of the molecule is O=C(Cn1ccccc1=O)Nc1ccc(SC(F)F)cc1. The van der Waals surface area contributed by atoms with Crippen LogP contribution in [0.2, 0.25) is 0 Å².